The zero-order valence-corrected chi connectivity index (χ0v) is 13.9. The number of carbonyl (C=O) groups excluding carboxylic acids is 1. The van der Waals surface area contributed by atoms with Gasteiger partial charge in [0, 0.05) is 23.0 Å². The van der Waals surface area contributed by atoms with Gasteiger partial charge in [0.1, 0.15) is 5.84 Å². The highest BCUT2D eigenvalue weighted by atomic mass is 79.9. The molecule has 1 amide bonds. The van der Waals surface area contributed by atoms with Gasteiger partial charge in [-0.3, -0.25) is 4.79 Å². The lowest BCUT2D eigenvalue weighted by Gasteiger charge is -2.38. The van der Waals surface area contributed by atoms with E-state index in [-0.39, 0.29) is 17.2 Å². The maximum atomic E-state index is 12.6. The Bertz CT molecular complexity index is 578. The van der Waals surface area contributed by atoms with E-state index in [0.717, 1.165) is 10.0 Å². The van der Waals surface area contributed by atoms with Crippen LogP contribution in [0.5, 0.6) is 0 Å². The van der Waals surface area contributed by atoms with Crippen molar-refractivity contribution in [3.05, 3.63) is 33.8 Å². The molecule has 0 unspecified atom stereocenters. The molecule has 1 fully saturated rings. The number of nitrogens with two attached hydrogens (primary N) is 1. The van der Waals surface area contributed by atoms with Crippen LogP contribution in [0.4, 0.5) is 0 Å². The molecule has 0 spiro atoms. The highest BCUT2D eigenvalue weighted by molar-refractivity contribution is 9.10. The van der Waals surface area contributed by atoms with Gasteiger partial charge in [0.25, 0.3) is 5.91 Å². The number of nitrogens with zero attached hydrogens (tertiary/aromatic N) is 2. The normalized spacial score (nSPS) is 18.6. The minimum atomic E-state index is -0.337. The second-order valence-electron chi connectivity index (χ2n) is 5.82. The Morgan fingerprint density at radius 3 is 2.57 bits per heavy atom. The molecule has 1 saturated heterocycles. The topological polar surface area (TPSA) is 78.9 Å². The number of oxime groups is 1. The van der Waals surface area contributed by atoms with Crippen molar-refractivity contribution in [1.82, 2.24) is 4.90 Å². The number of hydrogen-bond acceptors (Lipinski definition) is 3. The van der Waals surface area contributed by atoms with Crippen molar-refractivity contribution in [3.63, 3.8) is 0 Å². The van der Waals surface area contributed by atoms with Gasteiger partial charge >= 0.3 is 0 Å². The molecule has 114 valence electrons. The third-order valence-electron chi connectivity index (χ3n) is 4.24. The molecule has 2 rings (SSSR count). The number of piperidine rings is 1. The van der Waals surface area contributed by atoms with E-state index in [4.69, 9.17) is 10.9 Å². The second-order valence-corrected chi connectivity index (χ2v) is 6.68. The summed E-state index contributed by atoms with van der Waals surface area (Å²) in [5, 5.41) is 12.0. The molecule has 0 saturated carbocycles. The Morgan fingerprint density at radius 1 is 1.43 bits per heavy atom. The van der Waals surface area contributed by atoms with Crippen molar-refractivity contribution in [1.29, 1.82) is 0 Å². The molecular formula is C15H20BrN3O2. The summed E-state index contributed by atoms with van der Waals surface area (Å²) in [5.74, 6) is 0.259. The van der Waals surface area contributed by atoms with Gasteiger partial charge in [-0.2, -0.15) is 0 Å². The number of benzene rings is 1. The lowest BCUT2D eigenvalue weighted by Crippen LogP contribution is -2.47. The van der Waals surface area contributed by atoms with E-state index >= 15 is 0 Å². The van der Waals surface area contributed by atoms with Crippen LogP contribution < -0.4 is 5.73 Å². The molecule has 6 heteroatoms. The first-order chi connectivity index (χ1) is 9.87. The number of amidine groups is 1. The molecule has 21 heavy (non-hydrogen) atoms. The van der Waals surface area contributed by atoms with E-state index in [9.17, 15) is 4.79 Å². The van der Waals surface area contributed by atoms with E-state index in [1.165, 1.54) is 0 Å². The Kier molecular flexibility index (Phi) is 4.56. The third-order valence-corrected chi connectivity index (χ3v) is 4.89. The number of rotatable bonds is 2. The molecule has 0 aromatic heterocycles. The van der Waals surface area contributed by atoms with Crippen molar-refractivity contribution < 1.29 is 10.0 Å². The van der Waals surface area contributed by atoms with Crippen LogP contribution in [0, 0.1) is 12.3 Å². The number of aryl methyl sites for hydroxylation is 1. The van der Waals surface area contributed by atoms with Crippen molar-refractivity contribution in [2.45, 2.75) is 26.7 Å². The number of hydrogen-bond donors (Lipinski definition) is 2. The van der Waals surface area contributed by atoms with Crippen LogP contribution in [0.1, 0.15) is 35.7 Å². The summed E-state index contributed by atoms with van der Waals surface area (Å²) in [7, 11) is 0. The molecule has 3 N–H and O–H groups in total. The Morgan fingerprint density at radius 2 is 2.05 bits per heavy atom. The van der Waals surface area contributed by atoms with Crippen molar-refractivity contribution >= 4 is 27.7 Å². The van der Waals surface area contributed by atoms with Crippen LogP contribution in [0.3, 0.4) is 0 Å². The smallest absolute Gasteiger partial charge is 0.254 e. The number of halogens is 1. The van der Waals surface area contributed by atoms with E-state index in [2.05, 4.69) is 21.1 Å². The molecule has 5 nitrogen and oxygen atoms in total. The quantitative estimate of drug-likeness (QED) is 0.371. The molecule has 0 aliphatic carbocycles. The zero-order valence-electron chi connectivity index (χ0n) is 12.3. The van der Waals surface area contributed by atoms with Gasteiger partial charge in [-0.15, -0.1) is 0 Å². The van der Waals surface area contributed by atoms with Gasteiger partial charge in [-0.05, 0) is 53.4 Å². The van der Waals surface area contributed by atoms with Crippen molar-refractivity contribution in [2.75, 3.05) is 13.1 Å². The number of carbonyl (C=O) groups is 1. The predicted octanol–water partition coefficient (Wildman–Crippen LogP) is 2.75. The highest BCUT2D eigenvalue weighted by Crippen LogP contribution is 2.32. The number of likely N-dealkylation sites (tertiary alicyclic amines) is 1. The van der Waals surface area contributed by atoms with Crippen LogP contribution in [-0.4, -0.2) is 34.9 Å². The van der Waals surface area contributed by atoms with Gasteiger partial charge in [0.05, 0.1) is 5.56 Å². The predicted molar refractivity (Wildman–Crippen MR) is 85.5 cm³/mol. The summed E-state index contributed by atoms with van der Waals surface area (Å²) in [4.78, 5) is 14.4. The average Bonchev–Trinajstić information content (AvgIpc) is 2.46. The lowest BCUT2D eigenvalue weighted by atomic mass is 9.79. The molecule has 1 aliphatic heterocycles. The second kappa shape index (κ2) is 6.05. The minimum Gasteiger partial charge on any atom is -0.409 e. The Hall–Kier alpha value is -1.56. The van der Waals surface area contributed by atoms with E-state index in [1.54, 1.807) is 0 Å². The van der Waals surface area contributed by atoms with Gasteiger partial charge in [-0.25, -0.2) is 0 Å². The fraction of sp³-hybridized carbons (Fsp3) is 0.467. The molecule has 1 heterocycles. The first-order valence-corrected chi connectivity index (χ1v) is 7.70. The summed E-state index contributed by atoms with van der Waals surface area (Å²) in [6.07, 6.45) is 1.39. The summed E-state index contributed by atoms with van der Waals surface area (Å²) < 4.78 is 0.817. The van der Waals surface area contributed by atoms with E-state index in [0.29, 0.717) is 31.5 Å². The molecule has 1 aromatic carbocycles. The fourth-order valence-corrected chi connectivity index (χ4v) is 3.21. The van der Waals surface area contributed by atoms with Crippen molar-refractivity contribution in [2.24, 2.45) is 16.3 Å². The van der Waals surface area contributed by atoms with Crippen LogP contribution in [0.15, 0.2) is 27.8 Å². The molecular weight excluding hydrogens is 334 g/mol. The zero-order chi connectivity index (χ0) is 15.6. The molecule has 0 radical (unpaired) electrons. The van der Waals surface area contributed by atoms with Gasteiger partial charge in [-0.1, -0.05) is 18.1 Å². The Balaban J connectivity index is 2.10. The number of amides is 1. The van der Waals surface area contributed by atoms with Crippen LogP contribution >= 0.6 is 15.9 Å². The summed E-state index contributed by atoms with van der Waals surface area (Å²) >= 11 is 3.45. The van der Waals surface area contributed by atoms with Crippen LogP contribution in [0.2, 0.25) is 0 Å². The molecule has 1 aromatic rings. The molecule has 0 bridgehead atoms. The molecule has 1 aliphatic rings. The lowest BCUT2D eigenvalue weighted by molar-refractivity contribution is 0.0665. The average molecular weight is 354 g/mol. The van der Waals surface area contributed by atoms with Crippen molar-refractivity contribution in [3.8, 4) is 0 Å². The first kappa shape index (κ1) is 15.8. The summed E-state index contributed by atoms with van der Waals surface area (Å²) in [5.41, 5.74) is 7.19. The van der Waals surface area contributed by atoms with Crippen LogP contribution in [-0.2, 0) is 0 Å². The van der Waals surface area contributed by atoms with E-state index in [1.807, 2.05) is 36.9 Å². The molecule has 0 atom stereocenters. The monoisotopic (exact) mass is 353 g/mol. The third kappa shape index (κ3) is 3.20. The van der Waals surface area contributed by atoms with Crippen LogP contribution in [0.25, 0.3) is 0 Å². The SMILES string of the molecule is Cc1ccc(C(=O)N2CCC(C)(/C(N)=N/O)CC2)c(Br)c1. The van der Waals surface area contributed by atoms with Gasteiger partial charge in [0.2, 0.25) is 0 Å². The maximum absolute atomic E-state index is 12.6. The first-order valence-electron chi connectivity index (χ1n) is 6.91. The maximum Gasteiger partial charge on any atom is 0.254 e. The Labute approximate surface area is 132 Å². The van der Waals surface area contributed by atoms with E-state index < -0.39 is 0 Å². The largest absolute Gasteiger partial charge is 0.409 e. The minimum absolute atomic E-state index is 0.0171. The standard InChI is InChI=1S/C15H20BrN3O2/c1-10-3-4-11(12(16)9-10)13(20)19-7-5-15(2,6-8-19)14(17)18-21/h3-4,9,21H,5-8H2,1-2H3,(H2,17,18). The van der Waals surface area contributed by atoms with Gasteiger partial charge < -0.3 is 15.8 Å². The highest BCUT2D eigenvalue weighted by Gasteiger charge is 2.36. The fourth-order valence-electron chi connectivity index (χ4n) is 2.54. The van der Waals surface area contributed by atoms with Gasteiger partial charge in [0.15, 0.2) is 0 Å². The summed E-state index contributed by atoms with van der Waals surface area (Å²) in [6, 6.07) is 5.72. The summed E-state index contributed by atoms with van der Waals surface area (Å²) in [6.45, 7) is 5.16.